The molecule has 1 unspecified atom stereocenters. The Bertz CT molecular complexity index is 962. The van der Waals surface area contributed by atoms with Gasteiger partial charge in [-0.25, -0.2) is 0 Å². The number of nitrogens with zero attached hydrogens (tertiary/aromatic N) is 1. The standard InChI is InChI=1S/C20H22N2O3S.C4H9NO/c1-20(2)8-13-18(14(23)9-20)17(12(10-21)19(26)22-13)11-5-6-15(24-3)16(7-11)25-4;1-3-6-4-2-5-1/h5-7,17,22,26H,8-9H2,1-4H3;5H,1-4H2. The van der Waals surface area contributed by atoms with Crippen molar-refractivity contribution in [1.82, 2.24) is 10.6 Å². The fourth-order valence-electron chi connectivity index (χ4n) is 4.27. The van der Waals surface area contributed by atoms with E-state index >= 15 is 0 Å². The lowest BCUT2D eigenvalue weighted by Gasteiger charge is -2.38. The summed E-state index contributed by atoms with van der Waals surface area (Å²) in [5.41, 5.74) is 2.64. The number of morpholine rings is 1. The minimum Gasteiger partial charge on any atom is -0.493 e. The van der Waals surface area contributed by atoms with Crippen LogP contribution in [-0.4, -0.2) is 46.3 Å². The lowest BCUT2D eigenvalue weighted by Crippen LogP contribution is -2.36. The highest BCUT2D eigenvalue weighted by Crippen LogP contribution is 2.47. The number of ketones is 1. The van der Waals surface area contributed by atoms with Crippen molar-refractivity contribution in [3.63, 3.8) is 0 Å². The summed E-state index contributed by atoms with van der Waals surface area (Å²) >= 11 is 4.48. The number of carbonyl (C=O) groups excluding carboxylic acids is 1. The number of rotatable bonds is 3. The number of thiol groups is 1. The lowest BCUT2D eigenvalue weighted by molar-refractivity contribution is -0.118. The fraction of sp³-hybridized carbons (Fsp3) is 0.500. The summed E-state index contributed by atoms with van der Waals surface area (Å²) in [6, 6.07) is 7.71. The van der Waals surface area contributed by atoms with E-state index in [1.807, 2.05) is 12.1 Å². The van der Waals surface area contributed by atoms with Crippen LogP contribution in [-0.2, 0) is 9.53 Å². The highest BCUT2D eigenvalue weighted by molar-refractivity contribution is 7.84. The van der Waals surface area contributed by atoms with E-state index in [-0.39, 0.29) is 11.2 Å². The predicted molar refractivity (Wildman–Crippen MR) is 126 cm³/mol. The van der Waals surface area contributed by atoms with Crippen molar-refractivity contribution < 1.29 is 19.0 Å². The second-order valence-corrected chi connectivity index (χ2v) is 9.19. The van der Waals surface area contributed by atoms with Crippen molar-refractivity contribution in [2.45, 2.75) is 32.6 Å². The topological polar surface area (TPSA) is 92.6 Å². The maximum Gasteiger partial charge on any atom is 0.162 e. The second kappa shape index (κ2) is 10.4. The van der Waals surface area contributed by atoms with Crippen LogP contribution in [0, 0.1) is 16.7 Å². The number of nitriles is 1. The maximum atomic E-state index is 13.0. The second-order valence-electron chi connectivity index (χ2n) is 8.74. The van der Waals surface area contributed by atoms with Crippen molar-refractivity contribution in [3.8, 4) is 17.6 Å². The molecule has 0 amide bonds. The van der Waals surface area contributed by atoms with Gasteiger partial charge in [0.1, 0.15) is 0 Å². The van der Waals surface area contributed by atoms with Gasteiger partial charge >= 0.3 is 0 Å². The third-order valence-corrected chi connectivity index (χ3v) is 6.08. The lowest BCUT2D eigenvalue weighted by atomic mass is 9.69. The first-order chi connectivity index (χ1) is 15.3. The number of hydrogen-bond acceptors (Lipinski definition) is 8. The Morgan fingerprint density at radius 2 is 1.84 bits per heavy atom. The van der Waals surface area contributed by atoms with Crippen LogP contribution in [0.3, 0.4) is 0 Å². The van der Waals surface area contributed by atoms with Gasteiger partial charge in [0.05, 0.1) is 50.0 Å². The van der Waals surface area contributed by atoms with Crippen molar-refractivity contribution in [2.75, 3.05) is 40.5 Å². The zero-order chi connectivity index (χ0) is 23.3. The van der Waals surface area contributed by atoms with Crippen molar-refractivity contribution in [3.05, 3.63) is 45.6 Å². The van der Waals surface area contributed by atoms with Gasteiger partial charge in [-0.15, -0.1) is 12.6 Å². The summed E-state index contributed by atoms with van der Waals surface area (Å²) in [7, 11) is 3.13. The van der Waals surface area contributed by atoms with Gasteiger partial charge < -0.3 is 24.8 Å². The van der Waals surface area contributed by atoms with Gasteiger partial charge in [-0.05, 0) is 29.5 Å². The third kappa shape index (κ3) is 5.29. The Hall–Kier alpha value is -2.47. The fourth-order valence-corrected chi connectivity index (χ4v) is 4.59. The molecule has 0 aromatic heterocycles. The average molecular weight is 458 g/mol. The monoisotopic (exact) mass is 457 g/mol. The number of hydrogen-bond donors (Lipinski definition) is 3. The van der Waals surface area contributed by atoms with Crippen LogP contribution >= 0.6 is 12.6 Å². The molecule has 4 rings (SSSR count). The van der Waals surface area contributed by atoms with Crippen LogP contribution in [0.15, 0.2) is 40.1 Å². The highest BCUT2D eigenvalue weighted by atomic mass is 32.1. The molecule has 2 aliphatic heterocycles. The summed E-state index contributed by atoms with van der Waals surface area (Å²) in [5, 5.41) is 16.5. The van der Waals surface area contributed by atoms with Crippen LogP contribution in [0.1, 0.15) is 38.2 Å². The van der Waals surface area contributed by atoms with E-state index in [0.717, 1.165) is 44.0 Å². The molecule has 172 valence electrons. The molecule has 1 aliphatic carbocycles. The van der Waals surface area contributed by atoms with Crippen LogP contribution in [0.4, 0.5) is 0 Å². The number of benzene rings is 1. The molecule has 0 saturated carbocycles. The number of carbonyl (C=O) groups is 1. The highest BCUT2D eigenvalue weighted by Gasteiger charge is 2.41. The van der Waals surface area contributed by atoms with Gasteiger partial charge in [0.15, 0.2) is 17.3 Å². The van der Waals surface area contributed by atoms with E-state index in [2.05, 4.69) is 43.2 Å². The van der Waals surface area contributed by atoms with Crippen molar-refractivity contribution >= 4 is 18.4 Å². The first kappa shape index (κ1) is 24.2. The quantitative estimate of drug-likeness (QED) is 0.600. The maximum absolute atomic E-state index is 13.0. The predicted octanol–water partition coefficient (Wildman–Crippen LogP) is 3.30. The summed E-state index contributed by atoms with van der Waals surface area (Å²) in [5.74, 6) is 0.778. The molecule has 1 saturated heterocycles. The van der Waals surface area contributed by atoms with E-state index in [1.54, 1.807) is 20.3 Å². The number of nitrogens with one attached hydrogen (secondary N) is 2. The molecule has 1 aromatic rings. The van der Waals surface area contributed by atoms with Gasteiger partial charge in [0, 0.05) is 30.8 Å². The van der Waals surface area contributed by atoms with Crippen molar-refractivity contribution in [1.29, 1.82) is 5.26 Å². The SMILES string of the molecule is C1COCCN1.COc1ccc(C2C(C#N)=C(S)NC3=C2C(=O)CC(C)(C)C3)cc1OC. The molecule has 0 radical (unpaired) electrons. The number of methoxy groups -OCH3 is 2. The Labute approximate surface area is 195 Å². The summed E-state index contributed by atoms with van der Waals surface area (Å²) in [6.45, 7) is 7.98. The number of dihydropyridines is 1. The third-order valence-electron chi connectivity index (χ3n) is 5.73. The summed E-state index contributed by atoms with van der Waals surface area (Å²) in [6.07, 6.45) is 1.19. The van der Waals surface area contributed by atoms with Crippen LogP contribution in [0.25, 0.3) is 0 Å². The van der Waals surface area contributed by atoms with Crippen LogP contribution in [0.2, 0.25) is 0 Å². The van der Waals surface area contributed by atoms with E-state index < -0.39 is 5.92 Å². The van der Waals surface area contributed by atoms with Gasteiger partial charge in [-0.2, -0.15) is 5.26 Å². The Kier molecular flexibility index (Phi) is 7.88. The van der Waals surface area contributed by atoms with Gasteiger partial charge in [-0.1, -0.05) is 19.9 Å². The van der Waals surface area contributed by atoms with Crippen molar-refractivity contribution in [2.24, 2.45) is 5.41 Å². The molecule has 7 nitrogen and oxygen atoms in total. The molecular formula is C24H31N3O4S. The molecule has 1 atom stereocenters. The molecule has 1 fully saturated rings. The average Bonchev–Trinajstić information content (AvgIpc) is 2.78. The van der Waals surface area contributed by atoms with E-state index in [1.165, 1.54) is 0 Å². The van der Waals surface area contributed by atoms with Crippen LogP contribution < -0.4 is 20.1 Å². The first-order valence-electron chi connectivity index (χ1n) is 10.7. The van der Waals surface area contributed by atoms with Gasteiger partial charge in [-0.3, -0.25) is 4.79 Å². The summed E-state index contributed by atoms with van der Waals surface area (Å²) < 4.78 is 15.7. The molecule has 2 N–H and O–H groups in total. The van der Waals surface area contributed by atoms with E-state index in [0.29, 0.717) is 34.1 Å². The largest absolute Gasteiger partial charge is 0.493 e. The van der Waals surface area contributed by atoms with Gasteiger partial charge in [0.25, 0.3) is 0 Å². The minimum absolute atomic E-state index is 0.0668. The Morgan fingerprint density at radius 1 is 1.16 bits per heavy atom. The molecule has 0 spiro atoms. The molecule has 1 aromatic carbocycles. The number of Topliss-reactive ketones (excluding diaryl/α,β-unsaturated/α-hetero) is 1. The number of ether oxygens (including phenoxy) is 3. The molecular weight excluding hydrogens is 426 g/mol. The number of allylic oxidation sites excluding steroid dienone is 3. The molecule has 8 heteroatoms. The smallest absolute Gasteiger partial charge is 0.162 e. The first-order valence-corrected chi connectivity index (χ1v) is 11.1. The molecule has 0 bridgehead atoms. The molecule has 3 aliphatic rings. The van der Waals surface area contributed by atoms with E-state index in [9.17, 15) is 10.1 Å². The molecule has 32 heavy (non-hydrogen) atoms. The van der Waals surface area contributed by atoms with Crippen LogP contribution in [0.5, 0.6) is 11.5 Å². The van der Waals surface area contributed by atoms with Gasteiger partial charge in [0.2, 0.25) is 0 Å². The normalized spacial score (nSPS) is 22.1. The summed E-state index contributed by atoms with van der Waals surface area (Å²) in [4.78, 5) is 13.0. The van der Waals surface area contributed by atoms with E-state index in [4.69, 9.17) is 14.2 Å². The Morgan fingerprint density at radius 3 is 2.38 bits per heavy atom. The zero-order valence-corrected chi connectivity index (χ0v) is 20.0. The molecule has 2 heterocycles. The Balaban J connectivity index is 0.000000416. The minimum atomic E-state index is -0.452. The zero-order valence-electron chi connectivity index (χ0n) is 19.1.